The molecule has 0 atom stereocenters. The Morgan fingerprint density at radius 3 is 1.89 bits per heavy atom. The fourth-order valence-corrected chi connectivity index (χ4v) is 15.4. The average Bonchev–Trinajstić information content (AvgIpc) is 2.73. The Balaban J connectivity index is 3.02. The van der Waals surface area contributed by atoms with Gasteiger partial charge >= 0.3 is 124 Å². The van der Waals surface area contributed by atoms with E-state index in [1.165, 1.54) is 38.5 Å². The van der Waals surface area contributed by atoms with Crippen LogP contribution >= 0.6 is 0 Å². The third kappa shape index (κ3) is 3.77. The van der Waals surface area contributed by atoms with E-state index in [9.17, 15) is 0 Å². The first-order valence-corrected chi connectivity index (χ1v) is 13.1. The molecular formula is C18H34Ge. The number of unbranched alkanes of at least 4 members (excludes halogenated alkanes) is 2. The maximum atomic E-state index is 2.82. The van der Waals surface area contributed by atoms with Crippen molar-refractivity contribution in [2.45, 2.75) is 89.6 Å². The summed E-state index contributed by atoms with van der Waals surface area (Å²) in [6.45, 7) is 14.6. The summed E-state index contributed by atoms with van der Waals surface area (Å²) in [5.74, 6) is 0. The van der Waals surface area contributed by atoms with Gasteiger partial charge in [0.15, 0.2) is 0 Å². The van der Waals surface area contributed by atoms with Crippen LogP contribution in [0.25, 0.3) is 0 Å². The monoisotopic (exact) mass is 324 g/mol. The molecule has 0 amide bonds. The molecule has 0 saturated heterocycles. The Bertz CT molecular complexity index is 326. The van der Waals surface area contributed by atoms with E-state index in [0.29, 0.717) is 0 Å². The van der Waals surface area contributed by atoms with E-state index < -0.39 is 13.3 Å². The predicted octanol–water partition coefficient (Wildman–Crippen LogP) is 6.58. The molecule has 0 N–H and O–H groups in total. The standard InChI is InChI=1S/C18H34Ge/c1-7-9-11-17-13-18(12-10-8-2)19(14-17,15(3)4)16(5)6/h13-16H,7-12H2,1-6H3. The van der Waals surface area contributed by atoms with Crippen molar-refractivity contribution >= 4 is 13.3 Å². The number of hydrogen-bond donors (Lipinski definition) is 0. The summed E-state index contributed by atoms with van der Waals surface area (Å²) in [6.07, 6.45) is 10.7. The second-order valence-corrected chi connectivity index (χ2v) is 17.6. The van der Waals surface area contributed by atoms with Crippen molar-refractivity contribution in [1.29, 1.82) is 0 Å². The van der Waals surface area contributed by atoms with E-state index in [4.69, 9.17) is 0 Å². The molecule has 0 bridgehead atoms. The summed E-state index contributed by atoms with van der Waals surface area (Å²) in [7, 11) is 0. The van der Waals surface area contributed by atoms with Gasteiger partial charge in [-0.3, -0.25) is 0 Å². The topological polar surface area (TPSA) is 0 Å². The van der Waals surface area contributed by atoms with Gasteiger partial charge in [0.2, 0.25) is 0 Å². The van der Waals surface area contributed by atoms with Crippen LogP contribution in [-0.2, 0) is 0 Å². The van der Waals surface area contributed by atoms with Gasteiger partial charge in [-0.1, -0.05) is 0 Å². The van der Waals surface area contributed by atoms with Crippen LogP contribution in [0.1, 0.15) is 80.1 Å². The van der Waals surface area contributed by atoms with Crippen LogP contribution in [0.15, 0.2) is 21.0 Å². The quantitative estimate of drug-likeness (QED) is 0.443. The van der Waals surface area contributed by atoms with Gasteiger partial charge < -0.3 is 0 Å². The Kier molecular flexibility index (Phi) is 6.93. The van der Waals surface area contributed by atoms with Gasteiger partial charge in [-0.25, -0.2) is 0 Å². The Hall–Kier alpha value is 0.0229. The van der Waals surface area contributed by atoms with Crippen molar-refractivity contribution in [3.05, 3.63) is 21.0 Å². The molecule has 1 heteroatoms. The molecule has 1 aliphatic rings. The molecule has 1 heterocycles. The van der Waals surface area contributed by atoms with E-state index in [1.54, 1.807) is 5.57 Å². The van der Waals surface area contributed by atoms with Crippen molar-refractivity contribution in [3.63, 3.8) is 0 Å². The molecule has 0 aromatic rings. The van der Waals surface area contributed by atoms with Crippen LogP contribution < -0.4 is 0 Å². The average molecular weight is 323 g/mol. The predicted molar refractivity (Wildman–Crippen MR) is 91.2 cm³/mol. The molecule has 0 spiro atoms. The van der Waals surface area contributed by atoms with Crippen molar-refractivity contribution in [2.24, 2.45) is 0 Å². The third-order valence-corrected chi connectivity index (χ3v) is 17.8. The first-order chi connectivity index (χ1) is 8.98. The first kappa shape index (κ1) is 17.1. The third-order valence-electron chi connectivity index (χ3n) is 4.87. The van der Waals surface area contributed by atoms with Gasteiger partial charge in [-0.05, 0) is 0 Å². The molecule has 19 heavy (non-hydrogen) atoms. The van der Waals surface area contributed by atoms with E-state index in [0.717, 1.165) is 9.50 Å². The van der Waals surface area contributed by atoms with Gasteiger partial charge in [0, 0.05) is 0 Å². The van der Waals surface area contributed by atoms with Crippen LogP contribution in [0.4, 0.5) is 0 Å². The summed E-state index contributed by atoms with van der Waals surface area (Å²) >= 11 is -1.96. The van der Waals surface area contributed by atoms with E-state index in [1.807, 2.05) is 4.41 Å². The molecule has 0 nitrogen and oxygen atoms in total. The molecular weight excluding hydrogens is 289 g/mol. The zero-order chi connectivity index (χ0) is 14.5. The van der Waals surface area contributed by atoms with Crippen molar-refractivity contribution in [2.75, 3.05) is 0 Å². The molecule has 0 aromatic heterocycles. The summed E-state index contributed by atoms with van der Waals surface area (Å²) < 4.78 is 3.68. The minimum absolute atomic E-state index is 0.891. The van der Waals surface area contributed by atoms with Crippen LogP contribution in [0.5, 0.6) is 0 Å². The van der Waals surface area contributed by atoms with Crippen LogP contribution in [0.3, 0.4) is 0 Å². The molecule has 0 aliphatic carbocycles. The second kappa shape index (κ2) is 7.71. The zero-order valence-electron chi connectivity index (χ0n) is 14.1. The fraction of sp³-hybridized carbons (Fsp3) is 0.778. The maximum absolute atomic E-state index is 2.82. The summed E-state index contributed by atoms with van der Waals surface area (Å²) in [5.41, 5.74) is 1.69. The summed E-state index contributed by atoms with van der Waals surface area (Å²) in [4.78, 5) is 2.82. The molecule has 1 aliphatic heterocycles. The Morgan fingerprint density at radius 2 is 1.42 bits per heavy atom. The van der Waals surface area contributed by atoms with Crippen LogP contribution in [0.2, 0.25) is 9.50 Å². The Labute approximate surface area is 124 Å². The SMILES string of the molecule is CCCCC1=[CH][Ge]([CH](C)C)([CH](C)C)[C](CCCC)=C1. The fourth-order valence-electron chi connectivity index (χ4n) is 3.71. The molecule has 0 radical (unpaired) electrons. The van der Waals surface area contributed by atoms with E-state index in [2.05, 4.69) is 52.5 Å². The second-order valence-electron chi connectivity index (χ2n) is 6.84. The summed E-state index contributed by atoms with van der Waals surface area (Å²) in [6, 6.07) is 0. The van der Waals surface area contributed by atoms with E-state index >= 15 is 0 Å². The molecule has 0 saturated carbocycles. The van der Waals surface area contributed by atoms with Crippen molar-refractivity contribution < 1.29 is 0 Å². The number of rotatable bonds is 8. The molecule has 0 fully saturated rings. The minimum atomic E-state index is -1.96. The van der Waals surface area contributed by atoms with Gasteiger partial charge in [-0.15, -0.1) is 0 Å². The zero-order valence-corrected chi connectivity index (χ0v) is 16.2. The van der Waals surface area contributed by atoms with Crippen LogP contribution in [0, 0.1) is 0 Å². The van der Waals surface area contributed by atoms with Gasteiger partial charge in [-0.2, -0.15) is 0 Å². The van der Waals surface area contributed by atoms with E-state index in [-0.39, 0.29) is 0 Å². The summed E-state index contributed by atoms with van der Waals surface area (Å²) in [5, 5.41) is 0. The van der Waals surface area contributed by atoms with Crippen molar-refractivity contribution in [1.82, 2.24) is 0 Å². The number of allylic oxidation sites excluding steroid dienone is 3. The van der Waals surface area contributed by atoms with Gasteiger partial charge in [0.1, 0.15) is 0 Å². The van der Waals surface area contributed by atoms with Gasteiger partial charge in [0.05, 0.1) is 0 Å². The molecule has 1 rings (SSSR count). The molecule has 0 aromatic carbocycles. The van der Waals surface area contributed by atoms with Gasteiger partial charge in [0.25, 0.3) is 0 Å². The van der Waals surface area contributed by atoms with Crippen LogP contribution in [-0.4, -0.2) is 13.3 Å². The normalized spacial score (nSPS) is 18.1. The Morgan fingerprint density at radius 1 is 0.895 bits per heavy atom. The first-order valence-electron chi connectivity index (χ1n) is 8.41. The number of hydrogen-bond acceptors (Lipinski definition) is 0. The molecule has 110 valence electrons. The van der Waals surface area contributed by atoms with Crippen molar-refractivity contribution in [3.8, 4) is 0 Å². The molecule has 0 unspecified atom stereocenters.